The molecule has 0 amide bonds. The summed E-state index contributed by atoms with van der Waals surface area (Å²) in [6.45, 7) is 0. The fourth-order valence-electron chi connectivity index (χ4n) is 1.85. The Morgan fingerprint density at radius 2 is 1.88 bits per heavy atom. The summed E-state index contributed by atoms with van der Waals surface area (Å²) in [5.74, 6) is -0.285. The van der Waals surface area contributed by atoms with Gasteiger partial charge in [-0.25, -0.2) is 4.79 Å². The summed E-state index contributed by atoms with van der Waals surface area (Å²) < 4.78 is 5.27. The largest absolute Gasteiger partial charge is 0.434 e. The third-order valence-corrected chi connectivity index (χ3v) is 2.67. The van der Waals surface area contributed by atoms with Crippen LogP contribution in [0.15, 0.2) is 48.8 Å². The molecule has 0 unspecified atom stereocenters. The number of hydrogen-bond donors (Lipinski definition) is 1. The second kappa shape index (κ2) is 3.90. The number of benzene rings is 1. The first kappa shape index (κ1) is 9.84. The van der Waals surface area contributed by atoms with Gasteiger partial charge in [-0.05, 0) is 18.2 Å². The van der Waals surface area contributed by atoms with Crippen molar-refractivity contribution in [2.75, 3.05) is 5.32 Å². The van der Waals surface area contributed by atoms with Crippen LogP contribution in [0.25, 0.3) is 0 Å². The SMILES string of the molecule is O=C1O[C@@H](Nc2ccncc2)c2ccccc21. The van der Waals surface area contributed by atoms with Crippen LogP contribution in [0.5, 0.6) is 0 Å². The number of nitrogens with zero attached hydrogens (tertiary/aromatic N) is 1. The number of hydrogen-bond acceptors (Lipinski definition) is 4. The number of anilines is 1. The van der Waals surface area contributed by atoms with Crippen molar-refractivity contribution >= 4 is 11.7 Å². The number of nitrogens with one attached hydrogen (secondary N) is 1. The Balaban J connectivity index is 1.90. The fourth-order valence-corrected chi connectivity index (χ4v) is 1.85. The van der Waals surface area contributed by atoms with Crippen molar-refractivity contribution in [2.24, 2.45) is 0 Å². The van der Waals surface area contributed by atoms with Crippen molar-refractivity contribution in [3.05, 3.63) is 59.9 Å². The highest BCUT2D eigenvalue weighted by Gasteiger charge is 2.30. The van der Waals surface area contributed by atoms with Crippen LogP contribution in [0.2, 0.25) is 0 Å². The van der Waals surface area contributed by atoms with Crippen molar-refractivity contribution in [2.45, 2.75) is 6.23 Å². The molecule has 0 spiro atoms. The van der Waals surface area contributed by atoms with E-state index in [0.29, 0.717) is 5.56 Å². The first-order chi connectivity index (χ1) is 8.34. The lowest BCUT2D eigenvalue weighted by molar-refractivity contribution is 0.0437. The third-order valence-electron chi connectivity index (χ3n) is 2.67. The minimum atomic E-state index is -0.416. The molecule has 0 saturated heterocycles. The molecule has 1 atom stereocenters. The monoisotopic (exact) mass is 226 g/mol. The molecular formula is C13H10N2O2. The molecule has 0 fully saturated rings. The van der Waals surface area contributed by atoms with E-state index in [1.165, 1.54) is 0 Å². The van der Waals surface area contributed by atoms with Gasteiger partial charge in [-0.3, -0.25) is 4.98 Å². The van der Waals surface area contributed by atoms with Crippen LogP contribution >= 0.6 is 0 Å². The Kier molecular flexibility index (Phi) is 2.26. The van der Waals surface area contributed by atoms with Gasteiger partial charge in [0.1, 0.15) is 0 Å². The van der Waals surface area contributed by atoms with Crippen molar-refractivity contribution in [3.8, 4) is 0 Å². The van der Waals surface area contributed by atoms with E-state index in [4.69, 9.17) is 4.74 Å². The van der Waals surface area contributed by atoms with E-state index >= 15 is 0 Å². The Morgan fingerprint density at radius 1 is 1.12 bits per heavy atom. The molecule has 0 aliphatic carbocycles. The second-order valence-electron chi connectivity index (χ2n) is 3.75. The van der Waals surface area contributed by atoms with Gasteiger partial charge < -0.3 is 10.1 Å². The summed E-state index contributed by atoms with van der Waals surface area (Å²) in [6, 6.07) is 11.0. The van der Waals surface area contributed by atoms with Crippen molar-refractivity contribution in [3.63, 3.8) is 0 Å². The van der Waals surface area contributed by atoms with Crippen molar-refractivity contribution < 1.29 is 9.53 Å². The maximum absolute atomic E-state index is 11.6. The lowest BCUT2D eigenvalue weighted by Gasteiger charge is -2.13. The fraction of sp³-hybridized carbons (Fsp3) is 0.0769. The Morgan fingerprint density at radius 3 is 2.71 bits per heavy atom. The van der Waals surface area contributed by atoms with Crippen molar-refractivity contribution in [1.29, 1.82) is 0 Å². The van der Waals surface area contributed by atoms with E-state index in [-0.39, 0.29) is 5.97 Å². The highest BCUT2D eigenvalue weighted by Crippen LogP contribution is 2.30. The van der Waals surface area contributed by atoms with Gasteiger partial charge in [-0.2, -0.15) is 0 Å². The molecule has 0 radical (unpaired) electrons. The molecule has 0 saturated carbocycles. The number of cyclic esters (lactones) is 1. The molecular weight excluding hydrogens is 216 g/mol. The van der Waals surface area contributed by atoms with Crippen LogP contribution in [0.1, 0.15) is 22.1 Å². The number of rotatable bonds is 2. The van der Waals surface area contributed by atoms with E-state index in [2.05, 4.69) is 10.3 Å². The molecule has 2 heterocycles. The Hall–Kier alpha value is -2.36. The van der Waals surface area contributed by atoms with E-state index in [1.54, 1.807) is 18.5 Å². The number of fused-ring (bicyclic) bond motifs is 1. The highest BCUT2D eigenvalue weighted by molar-refractivity contribution is 5.94. The van der Waals surface area contributed by atoms with Crippen LogP contribution in [0.4, 0.5) is 5.69 Å². The van der Waals surface area contributed by atoms with Crippen LogP contribution < -0.4 is 5.32 Å². The van der Waals surface area contributed by atoms with E-state index in [9.17, 15) is 4.79 Å². The number of ether oxygens (including phenoxy) is 1. The topological polar surface area (TPSA) is 51.2 Å². The average Bonchev–Trinajstić information content (AvgIpc) is 2.69. The van der Waals surface area contributed by atoms with Crippen molar-refractivity contribution in [1.82, 2.24) is 4.98 Å². The zero-order valence-corrected chi connectivity index (χ0v) is 8.96. The number of carbonyl (C=O) groups excluding carboxylic acids is 1. The van der Waals surface area contributed by atoms with Crippen LogP contribution in [0, 0.1) is 0 Å². The quantitative estimate of drug-likeness (QED) is 0.799. The molecule has 1 aliphatic rings. The predicted molar refractivity (Wildman–Crippen MR) is 62.5 cm³/mol. The summed E-state index contributed by atoms with van der Waals surface area (Å²) in [5.41, 5.74) is 2.36. The van der Waals surface area contributed by atoms with Gasteiger partial charge in [0.2, 0.25) is 6.23 Å². The molecule has 0 bridgehead atoms. The van der Waals surface area contributed by atoms with Gasteiger partial charge in [0, 0.05) is 23.6 Å². The molecule has 2 aromatic rings. The number of carbonyl (C=O) groups is 1. The first-order valence-electron chi connectivity index (χ1n) is 5.31. The lowest BCUT2D eigenvalue weighted by atomic mass is 10.1. The molecule has 1 aliphatic heterocycles. The molecule has 1 aromatic heterocycles. The zero-order valence-electron chi connectivity index (χ0n) is 8.96. The molecule has 1 N–H and O–H groups in total. The van der Waals surface area contributed by atoms with E-state index in [0.717, 1.165) is 11.3 Å². The minimum absolute atomic E-state index is 0.285. The number of aromatic nitrogens is 1. The van der Waals surface area contributed by atoms with Crippen LogP contribution in [-0.2, 0) is 4.74 Å². The molecule has 4 heteroatoms. The standard InChI is InChI=1S/C13H10N2O2/c16-13-11-4-2-1-3-10(11)12(17-13)15-9-5-7-14-8-6-9/h1-8,12H,(H,14,15)/t12-/m1/s1. The lowest BCUT2D eigenvalue weighted by Crippen LogP contribution is -2.10. The summed E-state index contributed by atoms with van der Waals surface area (Å²) in [5, 5.41) is 3.14. The van der Waals surface area contributed by atoms with Gasteiger partial charge in [0.15, 0.2) is 0 Å². The second-order valence-corrected chi connectivity index (χ2v) is 3.75. The average molecular weight is 226 g/mol. The predicted octanol–water partition coefficient (Wildman–Crippen LogP) is 2.36. The maximum Gasteiger partial charge on any atom is 0.340 e. The zero-order chi connectivity index (χ0) is 11.7. The van der Waals surface area contributed by atoms with Gasteiger partial charge >= 0.3 is 5.97 Å². The third kappa shape index (κ3) is 1.73. The minimum Gasteiger partial charge on any atom is -0.434 e. The summed E-state index contributed by atoms with van der Waals surface area (Å²) in [6.07, 6.45) is 2.96. The summed E-state index contributed by atoms with van der Waals surface area (Å²) in [4.78, 5) is 15.5. The molecule has 1 aromatic carbocycles. The first-order valence-corrected chi connectivity index (χ1v) is 5.31. The maximum atomic E-state index is 11.6. The van der Waals surface area contributed by atoms with Crippen LogP contribution in [-0.4, -0.2) is 11.0 Å². The molecule has 17 heavy (non-hydrogen) atoms. The highest BCUT2D eigenvalue weighted by atomic mass is 16.6. The van der Waals surface area contributed by atoms with E-state index in [1.807, 2.05) is 30.3 Å². The van der Waals surface area contributed by atoms with Gasteiger partial charge in [-0.1, -0.05) is 18.2 Å². The number of pyridine rings is 1. The smallest absolute Gasteiger partial charge is 0.340 e. The molecule has 4 nitrogen and oxygen atoms in total. The van der Waals surface area contributed by atoms with Gasteiger partial charge in [0.25, 0.3) is 0 Å². The summed E-state index contributed by atoms with van der Waals surface area (Å²) >= 11 is 0. The van der Waals surface area contributed by atoms with E-state index < -0.39 is 6.23 Å². The normalized spacial score (nSPS) is 17.4. The molecule has 3 rings (SSSR count). The number of esters is 1. The summed E-state index contributed by atoms with van der Waals surface area (Å²) in [7, 11) is 0. The van der Waals surface area contributed by atoms with Gasteiger partial charge in [-0.15, -0.1) is 0 Å². The Bertz CT molecular complexity index is 554. The van der Waals surface area contributed by atoms with Gasteiger partial charge in [0.05, 0.1) is 5.56 Å². The Labute approximate surface area is 98.3 Å². The van der Waals surface area contributed by atoms with Crippen LogP contribution in [0.3, 0.4) is 0 Å². The molecule has 84 valence electrons.